The van der Waals surface area contributed by atoms with Crippen LogP contribution in [0.15, 0.2) is 66.7 Å². The number of nitro groups is 1. The summed E-state index contributed by atoms with van der Waals surface area (Å²) < 4.78 is 5.13. The number of anilines is 1. The smallest absolute Gasteiger partial charge is 0.273 e. The van der Waals surface area contributed by atoms with E-state index >= 15 is 0 Å². The average molecular weight is 445 g/mol. The summed E-state index contributed by atoms with van der Waals surface area (Å²) in [6.07, 6.45) is 0.527. The Kier molecular flexibility index (Phi) is 5.86. The molecule has 3 aromatic rings. The van der Waals surface area contributed by atoms with Crippen molar-refractivity contribution in [2.24, 2.45) is 0 Å². The monoisotopic (exact) mass is 445 g/mol. The minimum atomic E-state index is -0.569. The minimum absolute atomic E-state index is 0.122. The van der Waals surface area contributed by atoms with Gasteiger partial charge in [0, 0.05) is 18.2 Å². The number of hydrogen-bond donors (Lipinski definition) is 1. The first-order valence-corrected chi connectivity index (χ1v) is 10.1. The maximum absolute atomic E-state index is 12.9. The zero-order valence-electron chi connectivity index (χ0n) is 17.6. The number of fused-ring (bicyclic) bond motifs is 1. The minimum Gasteiger partial charge on any atom is -0.494 e. The number of ether oxygens (including phenoxy) is 1. The highest BCUT2D eigenvalue weighted by Gasteiger charge is 2.35. The molecule has 0 radical (unpaired) electrons. The Labute approximate surface area is 188 Å². The number of carbonyl (C=O) groups is 3. The Bertz CT molecular complexity index is 1270. The van der Waals surface area contributed by atoms with Gasteiger partial charge >= 0.3 is 0 Å². The van der Waals surface area contributed by atoms with Gasteiger partial charge in [-0.1, -0.05) is 30.3 Å². The van der Waals surface area contributed by atoms with Crippen molar-refractivity contribution in [2.45, 2.75) is 6.42 Å². The molecule has 1 aliphatic rings. The number of carbonyl (C=O) groups excluding carboxylic acids is 3. The van der Waals surface area contributed by atoms with Gasteiger partial charge in [-0.3, -0.25) is 29.4 Å². The van der Waals surface area contributed by atoms with Crippen LogP contribution in [0.2, 0.25) is 0 Å². The van der Waals surface area contributed by atoms with Crippen molar-refractivity contribution in [2.75, 3.05) is 19.0 Å². The SMILES string of the molecule is COc1cc([N+](=O)[O-])ccc1NC(=O)c1ccc2c(c1)C(=O)N(CCc1ccccc1)C2=O. The Hall–Kier alpha value is -4.53. The van der Waals surface area contributed by atoms with Crippen molar-refractivity contribution in [1.29, 1.82) is 0 Å². The van der Waals surface area contributed by atoms with Crippen LogP contribution in [0, 0.1) is 10.1 Å². The molecule has 166 valence electrons. The number of nitro benzene ring substituents is 1. The van der Waals surface area contributed by atoms with Crippen molar-refractivity contribution in [3.63, 3.8) is 0 Å². The van der Waals surface area contributed by atoms with Gasteiger partial charge in [0.25, 0.3) is 23.4 Å². The summed E-state index contributed by atoms with van der Waals surface area (Å²) in [7, 11) is 1.33. The van der Waals surface area contributed by atoms with Crippen molar-refractivity contribution >= 4 is 29.1 Å². The van der Waals surface area contributed by atoms with Crippen LogP contribution >= 0.6 is 0 Å². The molecule has 4 rings (SSSR count). The van der Waals surface area contributed by atoms with Gasteiger partial charge in [0.05, 0.1) is 34.9 Å². The zero-order valence-corrected chi connectivity index (χ0v) is 17.6. The first-order valence-electron chi connectivity index (χ1n) is 10.1. The van der Waals surface area contributed by atoms with Gasteiger partial charge < -0.3 is 10.1 Å². The Morgan fingerprint density at radius 3 is 2.42 bits per heavy atom. The fourth-order valence-corrected chi connectivity index (χ4v) is 3.61. The topological polar surface area (TPSA) is 119 Å². The molecule has 0 spiro atoms. The van der Waals surface area contributed by atoms with E-state index < -0.39 is 22.6 Å². The molecule has 0 fully saturated rings. The lowest BCUT2D eigenvalue weighted by molar-refractivity contribution is -0.384. The van der Waals surface area contributed by atoms with E-state index in [1.165, 1.54) is 48.4 Å². The number of imide groups is 1. The summed E-state index contributed by atoms with van der Waals surface area (Å²) in [6.45, 7) is 0.234. The van der Waals surface area contributed by atoms with E-state index in [1.54, 1.807) is 0 Å². The van der Waals surface area contributed by atoms with Crippen molar-refractivity contribution in [3.05, 3.63) is 99.1 Å². The lowest BCUT2D eigenvalue weighted by Gasteiger charge is -2.13. The summed E-state index contributed by atoms with van der Waals surface area (Å²) in [5.41, 5.74) is 1.64. The second-order valence-corrected chi connectivity index (χ2v) is 7.35. The third-order valence-electron chi connectivity index (χ3n) is 5.34. The molecule has 3 amide bonds. The molecule has 1 N–H and O–H groups in total. The van der Waals surface area contributed by atoms with Crippen molar-refractivity contribution in [1.82, 2.24) is 4.90 Å². The number of benzene rings is 3. The number of nitrogens with one attached hydrogen (secondary N) is 1. The van der Waals surface area contributed by atoms with Crippen LogP contribution < -0.4 is 10.1 Å². The largest absolute Gasteiger partial charge is 0.494 e. The van der Waals surface area contributed by atoms with Crippen LogP contribution in [0.4, 0.5) is 11.4 Å². The second-order valence-electron chi connectivity index (χ2n) is 7.35. The lowest BCUT2D eigenvalue weighted by Crippen LogP contribution is -2.31. The molecule has 9 heteroatoms. The van der Waals surface area contributed by atoms with Crippen LogP contribution in [0.25, 0.3) is 0 Å². The summed E-state index contributed by atoms with van der Waals surface area (Å²) >= 11 is 0. The number of amides is 3. The normalized spacial score (nSPS) is 12.5. The lowest BCUT2D eigenvalue weighted by atomic mass is 10.1. The van der Waals surface area contributed by atoms with E-state index in [0.29, 0.717) is 6.42 Å². The van der Waals surface area contributed by atoms with Crippen molar-refractivity contribution in [3.8, 4) is 5.75 Å². The predicted molar refractivity (Wildman–Crippen MR) is 120 cm³/mol. The average Bonchev–Trinajstić information content (AvgIpc) is 3.07. The van der Waals surface area contributed by atoms with Crippen LogP contribution in [0.1, 0.15) is 36.6 Å². The van der Waals surface area contributed by atoms with Gasteiger partial charge in [0.2, 0.25) is 0 Å². The molecule has 0 atom stereocenters. The first kappa shape index (κ1) is 21.7. The van der Waals surface area contributed by atoms with E-state index in [9.17, 15) is 24.5 Å². The second kappa shape index (κ2) is 8.91. The maximum atomic E-state index is 12.9. The molecule has 0 saturated carbocycles. The van der Waals surface area contributed by atoms with E-state index in [0.717, 1.165) is 5.56 Å². The Morgan fingerprint density at radius 1 is 1.00 bits per heavy atom. The number of rotatable bonds is 7. The fourth-order valence-electron chi connectivity index (χ4n) is 3.61. The van der Waals surface area contributed by atoms with Crippen LogP contribution in [-0.2, 0) is 6.42 Å². The van der Waals surface area contributed by atoms with E-state index in [2.05, 4.69) is 5.32 Å². The van der Waals surface area contributed by atoms with Crippen LogP contribution in [0.5, 0.6) is 5.75 Å². The Balaban J connectivity index is 1.52. The van der Waals surface area contributed by atoms with E-state index in [-0.39, 0.29) is 40.4 Å². The quantitative estimate of drug-likeness (QED) is 0.337. The van der Waals surface area contributed by atoms with Gasteiger partial charge in [-0.15, -0.1) is 0 Å². The van der Waals surface area contributed by atoms with Gasteiger partial charge in [-0.2, -0.15) is 0 Å². The summed E-state index contributed by atoms with van der Waals surface area (Å²) in [6, 6.07) is 17.6. The molecule has 0 aromatic heterocycles. The number of methoxy groups -OCH3 is 1. The molecular formula is C24H19N3O6. The number of nitrogens with zero attached hydrogens (tertiary/aromatic N) is 2. The molecule has 1 aliphatic heterocycles. The highest BCUT2D eigenvalue weighted by atomic mass is 16.6. The molecule has 9 nitrogen and oxygen atoms in total. The molecule has 0 aliphatic carbocycles. The highest BCUT2D eigenvalue weighted by Crippen LogP contribution is 2.30. The third kappa shape index (κ3) is 4.29. The Morgan fingerprint density at radius 2 is 1.73 bits per heavy atom. The summed E-state index contributed by atoms with van der Waals surface area (Å²) in [5.74, 6) is -1.27. The number of hydrogen-bond acceptors (Lipinski definition) is 6. The molecule has 0 saturated heterocycles. The van der Waals surface area contributed by atoms with Crippen LogP contribution in [0.3, 0.4) is 0 Å². The fraction of sp³-hybridized carbons (Fsp3) is 0.125. The van der Waals surface area contributed by atoms with Crippen LogP contribution in [-0.4, -0.2) is 41.2 Å². The highest BCUT2D eigenvalue weighted by molar-refractivity contribution is 6.22. The maximum Gasteiger partial charge on any atom is 0.273 e. The molecule has 33 heavy (non-hydrogen) atoms. The first-order chi connectivity index (χ1) is 15.9. The molecule has 0 bridgehead atoms. The van der Waals surface area contributed by atoms with E-state index in [1.807, 2.05) is 30.3 Å². The summed E-state index contributed by atoms with van der Waals surface area (Å²) in [4.78, 5) is 49.9. The standard InChI is InChI=1S/C24H19N3O6/c1-33-21-14-17(27(31)32)8-10-20(21)25-22(28)16-7-9-18-19(13-16)24(30)26(23(18)29)12-11-15-5-3-2-4-6-15/h2-10,13-14H,11-12H2,1H3,(H,25,28). The molecule has 1 heterocycles. The van der Waals surface area contributed by atoms with E-state index in [4.69, 9.17) is 4.74 Å². The third-order valence-corrected chi connectivity index (χ3v) is 5.34. The molecular weight excluding hydrogens is 426 g/mol. The van der Waals surface area contributed by atoms with Gasteiger partial charge in [-0.05, 0) is 36.2 Å². The van der Waals surface area contributed by atoms with Gasteiger partial charge in [0.1, 0.15) is 5.75 Å². The molecule has 3 aromatic carbocycles. The van der Waals surface area contributed by atoms with Gasteiger partial charge in [0.15, 0.2) is 0 Å². The zero-order chi connectivity index (χ0) is 23.5. The number of non-ortho nitro benzene ring substituents is 1. The van der Waals surface area contributed by atoms with Gasteiger partial charge in [-0.25, -0.2) is 0 Å². The molecule has 0 unspecified atom stereocenters. The predicted octanol–water partition coefficient (Wildman–Crippen LogP) is 3.69. The van der Waals surface area contributed by atoms with Crippen molar-refractivity contribution < 1.29 is 24.0 Å². The summed E-state index contributed by atoms with van der Waals surface area (Å²) in [5, 5.41) is 13.6.